The molecule has 0 saturated carbocycles. The van der Waals surface area contributed by atoms with Crippen molar-refractivity contribution in [3.63, 3.8) is 0 Å². The Morgan fingerprint density at radius 1 is 1.23 bits per heavy atom. The summed E-state index contributed by atoms with van der Waals surface area (Å²) in [5.41, 5.74) is -0.407. The first-order chi connectivity index (χ1) is 14.6. The van der Waals surface area contributed by atoms with Crippen LogP contribution >= 0.6 is 0 Å². The number of nitrogens with one attached hydrogen (secondary N) is 1. The van der Waals surface area contributed by atoms with Gasteiger partial charge in [0.05, 0.1) is 24.5 Å². The molecule has 0 radical (unpaired) electrons. The summed E-state index contributed by atoms with van der Waals surface area (Å²) >= 11 is 0. The summed E-state index contributed by atoms with van der Waals surface area (Å²) in [4.78, 5) is 14.5. The van der Waals surface area contributed by atoms with Gasteiger partial charge in [-0.2, -0.15) is 17.5 Å². The summed E-state index contributed by atoms with van der Waals surface area (Å²) in [6, 6.07) is 3.20. The van der Waals surface area contributed by atoms with Crippen LogP contribution in [0.1, 0.15) is 37.3 Å². The summed E-state index contributed by atoms with van der Waals surface area (Å²) in [7, 11) is -3.56. The molecule has 1 unspecified atom stereocenters. The van der Waals surface area contributed by atoms with E-state index < -0.39 is 33.7 Å². The second-order valence-electron chi connectivity index (χ2n) is 7.74. The number of benzene rings is 1. The van der Waals surface area contributed by atoms with Gasteiger partial charge in [-0.15, -0.1) is 0 Å². The zero-order chi connectivity index (χ0) is 22.6. The number of carbonyl (C=O) groups excluding carboxylic acids is 1. The van der Waals surface area contributed by atoms with Gasteiger partial charge in [-0.3, -0.25) is 4.79 Å². The minimum atomic E-state index is -4.58. The predicted molar refractivity (Wildman–Crippen MR) is 110 cm³/mol. The number of halogens is 3. The molecule has 0 bridgehead atoms. The predicted octanol–water partition coefficient (Wildman–Crippen LogP) is 2.36. The van der Waals surface area contributed by atoms with Gasteiger partial charge < -0.3 is 15.0 Å². The highest BCUT2D eigenvalue weighted by atomic mass is 32.2. The van der Waals surface area contributed by atoms with Crippen LogP contribution in [0.4, 0.5) is 18.9 Å². The first-order valence-corrected chi connectivity index (χ1v) is 12.0. The minimum Gasteiger partial charge on any atom is -0.378 e. The maximum atomic E-state index is 13.7. The number of sulfonamides is 1. The van der Waals surface area contributed by atoms with Crippen molar-refractivity contribution < 1.29 is 31.1 Å². The maximum absolute atomic E-state index is 13.7. The molecule has 2 fully saturated rings. The number of rotatable bonds is 7. The standard InChI is InChI=1S/C20H28F3N3O4S/c1-2-12-31(28,29)26-7-3-4-18(26)19(27)24-14-15-5-6-16(13-17(15)20(21,22)23)25-8-10-30-11-9-25/h5-6,13,18H,2-4,7-12,14H2,1H3,(H,24,27). The number of hydrogen-bond acceptors (Lipinski definition) is 5. The Morgan fingerprint density at radius 2 is 1.94 bits per heavy atom. The molecule has 2 heterocycles. The molecule has 2 aliphatic rings. The lowest BCUT2D eigenvalue weighted by molar-refractivity contribution is -0.138. The summed E-state index contributed by atoms with van der Waals surface area (Å²) in [6.07, 6.45) is -3.25. The molecule has 1 amide bonds. The smallest absolute Gasteiger partial charge is 0.378 e. The van der Waals surface area contributed by atoms with Crippen molar-refractivity contribution in [3.8, 4) is 0 Å². The molecule has 1 atom stereocenters. The number of morpholine rings is 1. The number of amides is 1. The third-order valence-electron chi connectivity index (χ3n) is 5.55. The molecule has 1 aromatic rings. The highest BCUT2D eigenvalue weighted by Gasteiger charge is 2.38. The molecule has 0 spiro atoms. The second kappa shape index (κ2) is 9.74. The molecule has 0 aliphatic carbocycles. The zero-order valence-electron chi connectivity index (χ0n) is 17.5. The van der Waals surface area contributed by atoms with Crippen LogP contribution in [0.15, 0.2) is 18.2 Å². The number of carbonyl (C=O) groups is 1. The van der Waals surface area contributed by atoms with Crippen LogP contribution in [0.2, 0.25) is 0 Å². The van der Waals surface area contributed by atoms with E-state index in [4.69, 9.17) is 4.74 Å². The Labute approximate surface area is 180 Å². The van der Waals surface area contributed by atoms with Gasteiger partial charge in [0, 0.05) is 31.9 Å². The normalized spacial score (nSPS) is 20.8. The summed E-state index contributed by atoms with van der Waals surface area (Å²) in [5.74, 6) is -0.625. The highest BCUT2D eigenvalue weighted by molar-refractivity contribution is 7.89. The maximum Gasteiger partial charge on any atom is 0.416 e. The largest absolute Gasteiger partial charge is 0.416 e. The van der Waals surface area contributed by atoms with Crippen LogP contribution in [-0.4, -0.2) is 63.3 Å². The number of anilines is 1. The van der Waals surface area contributed by atoms with Crippen LogP contribution in [0.3, 0.4) is 0 Å². The van der Waals surface area contributed by atoms with E-state index in [1.165, 1.54) is 10.4 Å². The lowest BCUT2D eigenvalue weighted by Crippen LogP contribution is -2.46. The lowest BCUT2D eigenvalue weighted by Gasteiger charge is -2.30. The average molecular weight is 464 g/mol. The first-order valence-electron chi connectivity index (χ1n) is 10.4. The molecule has 0 aromatic heterocycles. The first kappa shape index (κ1) is 23.8. The van der Waals surface area contributed by atoms with Crippen molar-refractivity contribution in [2.75, 3.05) is 43.5 Å². The minimum absolute atomic E-state index is 0.0566. The van der Waals surface area contributed by atoms with E-state index in [0.29, 0.717) is 51.3 Å². The molecule has 11 heteroatoms. The van der Waals surface area contributed by atoms with Gasteiger partial charge in [0.15, 0.2) is 0 Å². The fourth-order valence-corrected chi connectivity index (χ4v) is 5.76. The van der Waals surface area contributed by atoms with Gasteiger partial charge in [-0.05, 0) is 37.0 Å². The molecule has 31 heavy (non-hydrogen) atoms. The number of hydrogen-bond donors (Lipinski definition) is 1. The van der Waals surface area contributed by atoms with E-state index in [1.807, 2.05) is 4.90 Å². The number of ether oxygens (including phenoxy) is 1. The topological polar surface area (TPSA) is 79.0 Å². The molecule has 3 rings (SSSR count). The van der Waals surface area contributed by atoms with Crippen LogP contribution < -0.4 is 10.2 Å². The lowest BCUT2D eigenvalue weighted by atomic mass is 10.0. The van der Waals surface area contributed by atoms with Crippen molar-refractivity contribution in [2.45, 2.75) is 44.9 Å². The Balaban J connectivity index is 1.73. The van der Waals surface area contributed by atoms with Gasteiger partial charge in [-0.1, -0.05) is 13.0 Å². The monoisotopic (exact) mass is 463 g/mol. The van der Waals surface area contributed by atoms with E-state index in [9.17, 15) is 26.4 Å². The quantitative estimate of drug-likeness (QED) is 0.672. The third kappa shape index (κ3) is 5.69. The molecular formula is C20H28F3N3O4S. The Kier molecular flexibility index (Phi) is 7.48. The van der Waals surface area contributed by atoms with Crippen LogP contribution in [0.25, 0.3) is 0 Å². The molecule has 7 nitrogen and oxygen atoms in total. The van der Waals surface area contributed by atoms with Crippen LogP contribution in [-0.2, 0) is 32.3 Å². The second-order valence-corrected chi connectivity index (χ2v) is 9.78. The fourth-order valence-electron chi connectivity index (χ4n) is 4.01. The van der Waals surface area contributed by atoms with E-state index in [0.717, 1.165) is 6.07 Å². The molecule has 2 aliphatic heterocycles. The average Bonchev–Trinajstić information content (AvgIpc) is 3.23. The molecular weight excluding hydrogens is 435 g/mol. The summed E-state index contributed by atoms with van der Waals surface area (Å²) in [6.45, 7) is 3.60. The van der Waals surface area contributed by atoms with E-state index >= 15 is 0 Å². The third-order valence-corrected chi connectivity index (χ3v) is 7.63. The molecule has 1 aromatic carbocycles. The Morgan fingerprint density at radius 3 is 2.58 bits per heavy atom. The van der Waals surface area contributed by atoms with Gasteiger partial charge in [0.1, 0.15) is 6.04 Å². The number of alkyl halides is 3. The Bertz CT molecular complexity index is 886. The molecule has 174 valence electrons. The van der Waals surface area contributed by atoms with Gasteiger partial charge in [-0.25, -0.2) is 8.42 Å². The van der Waals surface area contributed by atoms with Gasteiger partial charge in [0.2, 0.25) is 15.9 Å². The summed E-state index contributed by atoms with van der Waals surface area (Å²) in [5, 5.41) is 2.52. The van der Waals surface area contributed by atoms with Crippen molar-refractivity contribution in [2.24, 2.45) is 0 Å². The summed E-state index contributed by atoms with van der Waals surface area (Å²) < 4.78 is 72.2. The fraction of sp³-hybridized carbons (Fsp3) is 0.650. The highest BCUT2D eigenvalue weighted by Crippen LogP contribution is 2.35. The van der Waals surface area contributed by atoms with E-state index in [1.54, 1.807) is 13.0 Å². The van der Waals surface area contributed by atoms with Gasteiger partial charge >= 0.3 is 6.18 Å². The van der Waals surface area contributed by atoms with E-state index in [2.05, 4.69) is 5.32 Å². The number of nitrogens with zero attached hydrogens (tertiary/aromatic N) is 2. The van der Waals surface area contributed by atoms with Crippen molar-refractivity contribution >= 4 is 21.6 Å². The molecule has 2 saturated heterocycles. The zero-order valence-corrected chi connectivity index (χ0v) is 18.3. The van der Waals surface area contributed by atoms with Crippen molar-refractivity contribution in [1.29, 1.82) is 0 Å². The van der Waals surface area contributed by atoms with Crippen LogP contribution in [0.5, 0.6) is 0 Å². The molecule has 1 N–H and O–H groups in total. The van der Waals surface area contributed by atoms with E-state index in [-0.39, 0.29) is 24.4 Å². The van der Waals surface area contributed by atoms with Crippen molar-refractivity contribution in [3.05, 3.63) is 29.3 Å². The SMILES string of the molecule is CCCS(=O)(=O)N1CCCC1C(=O)NCc1ccc(N2CCOCC2)cc1C(F)(F)F. The van der Waals surface area contributed by atoms with Crippen LogP contribution in [0, 0.1) is 0 Å². The van der Waals surface area contributed by atoms with Gasteiger partial charge in [0.25, 0.3) is 0 Å². The Hall–Kier alpha value is -1.85. The van der Waals surface area contributed by atoms with Crippen molar-refractivity contribution in [1.82, 2.24) is 9.62 Å².